The third-order valence-corrected chi connectivity index (χ3v) is 7.96. The van der Waals surface area contributed by atoms with E-state index >= 15 is 0 Å². The Morgan fingerprint density at radius 1 is 1.19 bits per heavy atom. The highest BCUT2D eigenvalue weighted by atomic mass is 35.5. The zero-order valence-electron chi connectivity index (χ0n) is 17.1. The predicted octanol–water partition coefficient (Wildman–Crippen LogP) is 3.92. The van der Waals surface area contributed by atoms with Gasteiger partial charge in [0.15, 0.2) is 15.6 Å². The van der Waals surface area contributed by atoms with Crippen LogP contribution in [-0.2, 0) is 21.2 Å². The zero-order valence-corrected chi connectivity index (χ0v) is 19.5. The molecule has 1 amide bonds. The molecule has 0 unspecified atom stereocenters. The van der Waals surface area contributed by atoms with Gasteiger partial charge in [-0.15, -0.1) is 12.4 Å². The third kappa shape index (κ3) is 4.83. The first-order valence-corrected chi connectivity index (χ1v) is 12.1. The second kappa shape index (κ2) is 9.47. The number of hydrogen-bond acceptors (Lipinski definition) is 5. The van der Waals surface area contributed by atoms with Crippen LogP contribution in [0.4, 0.5) is 10.1 Å². The Balaban J connectivity index is 0.00000289. The minimum atomic E-state index is -4.03. The number of rotatable bonds is 5. The number of halogens is 3. The molecule has 1 heterocycles. The van der Waals surface area contributed by atoms with E-state index in [9.17, 15) is 22.4 Å². The number of benzene rings is 2. The summed E-state index contributed by atoms with van der Waals surface area (Å²) in [5.74, 6) is -2.32. The second-order valence-corrected chi connectivity index (χ2v) is 10.6. The van der Waals surface area contributed by atoms with Crippen molar-refractivity contribution in [1.29, 1.82) is 0 Å². The summed E-state index contributed by atoms with van der Waals surface area (Å²) in [5, 5.41) is 0.511. The van der Waals surface area contributed by atoms with Gasteiger partial charge in [-0.1, -0.05) is 43.0 Å². The van der Waals surface area contributed by atoms with E-state index in [2.05, 4.69) is 0 Å². The molecule has 0 saturated heterocycles. The number of fused-ring (bicyclic) bond motifs is 1. The van der Waals surface area contributed by atoms with Crippen molar-refractivity contribution in [2.24, 2.45) is 11.7 Å². The molecule has 2 aliphatic rings. The standard InChI is InChI=1S/C22H22ClFN2O4S.ClH/c23-15-6-4-14(5-7-15)11-26-19-9-16(20(27)8-13-2-1-3-13)17(24)10-21(19)31(29,30)12-18(25)22(26)28;/h4-7,9-10,13,18H,1-3,8,11-12,25H2;1H/t18-;/m0./s1. The minimum absolute atomic E-state index is 0. The van der Waals surface area contributed by atoms with Gasteiger partial charge in [0.1, 0.15) is 5.82 Å². The highest BCUT2D eigenvalue weighted by molar-refractivity contribution is 7.91. The van der Waals surface area contributed by atoms with Gasteiger partial charge in [-0.3, -0.25) is 9.59 Å². The fourth-order valence-corrected chi connectivity index (χ4v) is 5.63. The van der Waals surface area contributed by atoms with Crippen molar-refractivity contribution in [3.8, 4) is 0 Å². The van der Waals surface area contributed by atoms with Gasteiger partial charge in [-0.05, 0) is 35.7 Å². The number of anilines is 1. The number of Topliss-reactive ketones (excluding diaryl/α,β-unsaturated/α-hetero) is 1. The molecule has 1 fully saturated rings. The van der Waals surface area contributed by atoms with Gasteiger partial charge in [-0.25, -0.2) is 12.8 Å². The van der Waals surface area contributed by atoms with Crippen LogP contribution in [0.2, 0.25) is 5.02 Å². The highest BCUT2D eigenvalue weighted by Crippen LogP contribution is 2.36. The summed E-state index contributed by atoms with van der Waals surface area (Å²) in [6.07, 6.45) is 3.09. The van der Waals surface area contributed by atoms with Gasteiger partial charge in [-0.2, -0.15) is 0 Å². The number of sulfone groups is 1. The Labute approximate surface area is 197 Å². The highest BCUT2D eigenvalue weighted by Gasteiger charge is 2.37. The van der Waals surface area contributed by atoms with Crippen molar-refractivity contribution < 1.29 is 22.4 Å². The van der Waals surface area contributed by atoms with Crippen molar-refractivity contribution in [3.63, 3.8) is 0 Å². The molecule has 4 rings (SSSR count). The van der Waals surface area contributed by atoms with E-state index in [0.29, 0.717) is 10.6 Å². The Morgan fingerprint density at radius 2 is 1.84 bits per heavy atom. The molecule has 2 aromatic rings. The van der Waals surface area contributed by atoms with Crippen LogP contribution >= 0.6 is 24.0 Å². The van der Waals surface area contributed by atoms with Crippen LogP contribution in [0.25, 0.3) is 0 Å². The summed E-state index contributed by atoms with van der Waals surface area (Å²) in [6.45, 7) is 0.00805. The first-order chi connectivity index (χ1) is 14.7. The summed E-state index contributed by atoms with van der Waals surface area (Å²) in [5.41, 5.74) is 6.33. The van der Waals surface area contributed by atoms with Gasteiger partial charge in [0.25, 0.3) is 0 Å². The molecule has 1 atom stereocenters. The van der Waals surface area contributed by atoms with Crippen LogP contribution in [0.3, 0.4) is 0 Å². The summed E-state index contributed by atoms with van der Waals surface area (Å²) in [6, 6.07) is 7.43. The molecule has 6 nitrogen and oxygen atoms in total. The van der Waals surface area contributed by atoms with Crippen LogP contribution in [0.1, 0.15) is 41.6 Å². The van der Waals surface area contributed by atoms with E-state index in [1.807, 2.05) is 0 Å². The molecule has 1 aliphatic carbocycles. The largest absolute Gasteiger partial charge is 0.319 e. The third-order valence-electron chi connectivity index (χ3n) is 5.91. The maximum Gasteiger partial charge on any atom is 0.245 e. The number of hydrogen-bond donors (Lipinski definition) is 1. The molecule has 1 aliphatic heterocycles. The second-order valence-electron chi connectivity index (χ2n) is 8.16. The first kappa shape index (κ1) is 24.6. The molecule has 2 aromatic carbocycles. The van der Waals surface area contributed by atoms with Crippen LogP contribution in [0, 0.1) is 11.7 Å². The molecule has 2 N–H and O–H groups in total. The summed E-state index contributed by atoms with van der Waals surface area (Å²) >= 11 is 5.92. The number of amides is 1. The van der Waals surface area contributed by atoms with E-state index < -0.39 is 39.1 Å². The molecular formula is C22H23Cl2FN2O4S. The molecule has 1 saturated carbocycles. The zero-order chi connectivity index (χ0) is 22.3. The molecular weight excluding hydrogens is 478 g/mol. The van der Waals surface area contributed by atoms with Gasteiger partial charge in [0.05, 0.1) is 34.5 Å². The Morgan fingerprint density at radius 3 is 2.44 bits per heavy atom. The van der Waals surface area contributed by atoms with Crippen LogP contribution in [0.15, 0.2) is 41.3 Å². The van der Waals surface area contributed by atoms with E-state index in [1.165, 1.54) is 11.0 Å². The lowest BCUT2D eigenvalue weighted by atomic mass is 9.81. The smallest absolute Gasteiger partial charge is 0.245 e. The summed E-state index contributed by atoms with van der Waals surface area (Å²) in [4.78, 5) is 26.6. The summed E-state index contributed by atoms with van der Waals surface area (Å²) < 4.78 is 40.5. The van der Waals surface area contributed by atoms with Gasteiger partial charge in [0, 0.05) is 11.4 Å². The molecule has 0 spiro atoms. The number of carbonyl (C=O) groups excluding carboxylic acids is 2. The Kier molecular flexibility index (Phi) is 7.29. The van der Waals surface area contributed by atoms with E-state index in [1.54, 1.807) is 24.3 Å². The van der Waals surface area contributed by atoms with E-state index in [-0.39, 0.29) is 47.4 Å². The van der Waals surface area contributed by atoms with Crippen molar-refractivity contribution in [2.75, 3.05) is 10.7 Å². The minimum Gasteiger partial charge on any atom is -0.319 e. The van der Waals surface area contributed by atoms with Crippen molar-refractivity contribution in [1.82, 2.24) is 0 Å². The van der Waals surface area contributed by atoms with E-state index in [0.717, 1.165) is 25.3 Å². The normalized spacial score (nSPS) is 20.0. The van der Waals surface area contributed by atoms with Crippen LogP contribution < -0.4 is 10.6 Å². The molecule has 0 aromatic heterocycles. The molecule has 32 heavy (non-hydrogen) atoms. The van der Waals surface area contributed by atoms with Gasteiger partial charge >= 0.3 is 0 Å². The molecule has 0 radical (unpaired) electrons. The maximum atomic E-state index is 14.8. The fourth-order valence-electron chi connectivity index (χ4n) is 3.94. The lowest BCUT2D eigenvalue weighted by Gasteiger charge is -2.26. The number of ketones is 1. The number of carbonyl (C=O) groups is 2. The fraction of sp³-hybridized carbons (Fsp3) is 0.364. The molecule has 0 bridgehead atoms. The molecule has 10 heteroatoms. The molecule has 172 valence electrons. The topological polar surface area (TPSA) is 97.5 Å². The SMILES string of the molecule is Cl.N[C@H]1CS(=O)(=O)c2cc(F)c(C(=O)CC3CCC3)cc2N(Cc2ccc(Cl)cc2)C1=O. The van der Waals surface area contributed by atoms with Crippen LogP contribution in [0.5, 0.6) is 0 Å². The van der Waals surface area contributed by atoms with Crippen molar-refractivity contribution >= 4 is 51.2 Å². The Hall–Kier alpha value is -2.00. The quantitative estimate of drug-likeness (QED) is 0.627. The van der Waals surface area contributed by atoms with Gasteiger partial charge < -0.3 is 10.6 Å². The van der Waals surface area contributed by atoms with Crippen molar-refractivity contribution in [3.05, 3.63) is 58.4 Å². The summed E-state index contributed by atoms with van der Waals surface area (Å²) in [7, 11) is -4.03. The van der Waals surface area contributed by atoms with Crippen molar-refractivity contribution in [2.45, 2.75) is 43.2 Å². The lowest BCUT2D eigenvalue weighted by molar-refractivity contribution is -0.119. The van der Waals surface area contributed by atoms with Gasteiger partial charge in [0.2, 0.25) is 5.91 Å². The van der Waals surface area contributed by atoms with Crippen LogP contribution in [-0.4, -0.2) is 31.9 Å². The van der Waals surface area contributed by atoms with E-state index in [4.69, 9.17) is 17.3 Å². The predicted molar refractivity (Wildman–Crippen MR) is 123 cm³/mol. The first-order valence-electron chi connectivity index (χ1n) is 10.1. The Bertz CT molecular complexity index is 1150. The number of nitrogens with zero attached hydrogens (tertiary/aromatic N) is 1. The lowest BCUT2D eigenvalue weighted by Crippen LogP contribution is -2.45. The monoisotopic (exact) mass is 500 g/mol. The number of nitrogens with two attached hydrogens (primary N) is 1. The average Bonchev–Trinajstić information content (AvgIpc) is 2.74. The maximum absolute atomic E-state index is 14.8. The average molecular weight is 501 g/mol.